The van der Waals surface area contributed by atoms with Crippen LogP contribution in [0.2, 0.25) is 0 Å². The van der Waals surface area contributed by atoms with Gasteiger partial charge in [0, 0.05) is 19.6 Å². The van der Waals surface area contributed by atoms with Gasteiger partial charge in [0.25, 0.3) is 0 Å². The van der Waals surface area contributed by atoms with E-state index in [9.17, 15) is 24.0 Å². The lowest BCUT2D eigenvalue weighted by Crippen LogP contribution is -2.48. The van der Waals surface area contributed by atoms with E-state index in [-0.39, 0.29) is 43.5 Å². The van der Waals surface area contributed by atoms with Gasteiger partial charge in [-0.1, -0.05) is 48.5 Å². The molecule has 3 aromatic carbocycles. The minimum Gasteiger partial charge on any atom is -0.482 e. The van der Waals surface area contributed by atoms with Crippen molar-refractivity contribution in [3.05, 3.63) is 95.1 Å². The van der Waals surface area contributed by atoms with Crippen molar-refractivity contribution >= 4 is 35.7 Å². The molecule has 0 aliphatic rings. The van der Waals surface area contributed by atoms with Crippen molar-refractivity contribution in [2.75, 3.05) is 19.8 Å². The number of carbonyl (C=O) groups is 5. The lowest BCUT2D eigenvalue weighted by molar-refractivity contribution is -0.140. The van der Waals surface area contributed by atoms with E-state index in [2.05, 4.69) is 21.3 Å². The quantitative estimate of drug-likeness (QED) is 0.0490. The van der Waals surface area contributed by atoms with E-state index in [0.29, 0.717) is 17.5 Å². The number of hydrogen-bond acceptors (Lipinski definition) is 8. The molecule has 0 radical (unpaired) electrons. The van der Waals surface area contributed by atoms with Gasteiger partial charge in [-0.3, -0.25) is 15.0 Å². The molecule has 0 unspecified atom stereocenters. The summed E-state index contributed by atoms with van der Waals surface area (Å²) in [6, 6.07) is 18.0. The third-order valence-electron chi connectivity index (χ3n) is 6.99. The molecule has 4 amide bonds. The Morgan fingerprint density at radius 1 is 0.673 bits per heavy atom. The lowest BCUT2D eigenvalue weighted by Gasteiger charge is -2.24. The van der Waals surface area contributed by atoms with Crippen molar-refractivity contribution in [2.24, 2.45) is 11.5 Å². The van der Waals surface area contributed by atoms with Gasteiger partial charge in [0.15, 0.2) is 19.2 Å². The van der Waals surface area contributed by atoms with Gasteiger partial charge in [-0.15, -0.1) is 0 Å². The number of benzene rings is 3. The molecule has 0 aliphatic carbocycles. The third kappa shape index (κ3) is 13.1. The maximum atomic E-state index is 14.0. The molecule has 260 valence electrons. The number of primary amides is 1. The first-order valence-corrected chi connectivity index (χ1v) is 15.1. The van der Waals surface area contributed by atoms with Crippen LogP contribution in [0.3, 0.4) is 0 Å². The molecule has 3 rings (SSSR count). The molecular weight excluding hydrogens is 638 g/mol. The van der Waals surface area contributed by atoms with Crippen LogP contribution in [-0.2, 0) is 32.3 Å². The summed E-state index contributed by atoms with van der Waals surface area (Å²) in [5.41, 5.74) is 13.1. The highest BCUT2D eigenvalue weighted by Gasteiger charge is 2.28. The van der Waals surface area contributed by atoms with Crippen molar-refractivity contribution in [1.29, 1.82) is 5.41 Å². The Morgan fingerprint density at radius 3 is 1.57 bits per heavy atom. The second-order valence-electron chi connectivity index (χ2n) is 10.7. The number of nitrogens with two attached hydrogens (primary N) is 2. The van der Waals surface area contributed by atoms with Gasteiger partial charge in [-0.05, 0) is 59.4 Å². The fourth-order valence-electron chi connectivity index (χ4n) is 4.63. The van der Waals surface area contributed by atoms with E-state index in [0.717, 1.165) is 11.1 Å². The van der Waals surface area contributed by atoms with Crippen LogP contribution in [0.15, 0.2) is 72.8 Å². The van der Waals surface area contributed by atoms with Crippen molar-refractivity contribution < 1.29 is 43.7 Å². The molecule has 0 aliphatic heterocycles. The Labute approximate surface area is 281 Å². The number of carboxylic acid groups (broad SMARTS) is 2. The SMILES string of the molecule is N=C(N)NCCC[C@@H](NC(=O)C(c1ccc(OCC(=O)O)cc1)c1ccc(OCC(=O)O)cc1)C(=O)NCc1ccc(CNC(N)=O)cc1. The molecule has 16 heteroatoms. The molecule has 0 saturated heterocycles. The average Bonchev–Trinajstić information content (AvgIpc) is 3.07. The highest BCUT2D eigenvalue weighted by molar-refractivity contribution is 5.92. The smallest absolute Gasteiger partial charge is 0.341 e. The first kappa shape index (κ1) is 37.1. The molecule has 3 aromatic rings. The summed E-state index contributed by atoms with van der Waals surface area (Å²) in [7, 11) is 0. The van der Waals surface area contributed by atoms with Crippen LogP contribution in [0.4, 0.5) is 4.79 Å². The molecule has 49 heavy (non-hydrogen) atoms. The normalized spacial score (nSPS) is 11.1. The third-order valence-corrected chi connectivity index (χ3v) is 6.99. The fraction of sp³-hybridized carbons (Fsp3) is 0.273. The topological polar surface area (TPSA) is 268 Å². The minimum absolute atomic E-state index is 0.152. The van der Waals surface area contributed by atoms with Crippen LogP contribution >= 0.6 is 0 Å². The Hall–Kier alpha value is -6.32. The van der Waals surface area contributed by atoms with Crippen molar-refractivity contribution in [1.82, 2.24) is 21.3 Å². The van der Waals surface area contributed by atoms with Crippen LogP contribution in [0.5, 0.6) is 11.5 Å². The largest absolute Gasteiger partial charge is 0.482 e. The molecular formula is C33H39N7O9. The predicted octanol–water partition coefficient (Wildman–Crippen LogP) is 0.978. The van der Waals surface area contributed by atoms with E-state index in [4.69, 9.17) is 36.6 Å². The maximum absolute atomic E-state index is 14.0. The lowest BCUT2D eigenvalue weighted by atomic mass is 9.90. The Balaban J connectivity index is 1.82. The molecule has 0 bridgehead atoms. The standard InChI is InChI=1S/C33H39N7O9/c34-32(35)37-15-1-2-26(30(45)38-16-20-3-5-21(6-4-20)17-39-33(36)47)40-31(46)29(22-7-11-24(12-8-22)48-18-27(41)42)23-9-13-25(14-10-23)49-19-28(43)44/h3-14,26,29H,1-2,15-19H2,(H,38,45)(H,40,46)(H,41,42)(H,43,44)(H4,34,35,37)(H3,36,39,47)/t26-/m1/s1. The summed E-state index contributed by atoms with van der Waals surface area (Å²) < 4.78 is 10.4. The minimum atomic E-state index is -1.15. The van der Waals surface area contributed by atoms with E-state index >= 15 is 0 Å². The molecule has 1 atom stereocenters. The van der Waals surface area contributed by atoms with Crippen molar-refractivity contribution in [3.63, 3.8) is 0 Å². The summed E-state index contributed by atoms with van der Waals surface area (Å²) >= 11 is 0. The molecule has 0 spiro atoms. The zero-order valence-corrected chi connectivity index (χ0v) is 26.4. The van der Waals surface area contributed by atoms with Gasteiger partial charge in [-0.25, -0.2) is 14.4 Å². The van der Waals surface area contributed by atoms with Gasteiger partial charge >= 0.3 is 18.0 Å². The number of hydrogen-bond donors (Lipinski definition) is 9. The summed E-state index contributed by atoms with van der Waals surface area (Å²) in [6.45, 7) is -0.407. The van der Waals surface area contributed by atoms with Crippen LogP contribution < -0.4 is 42.2 Å². The number of amides is 4. The van der Waals surface area contributed by atoms with E-state index in [1.165, 1.54) is 24.3 Å². The summed E-state index contributed by atoms with van der Waals surface area (Å²) in [6.07, 6.45) is 0.585. The van der Waals surface area contributed by atoms with E-state index < -0.39 is 55.0 Å². The molecule has 0 aromatic heterocycles. The monoisotopic (exact) mass is 677 g/mol. The number of aliphatic carboxylic acids is 2. The van der Waals surface area contributed by atoms with E-state index in [1.807, 2.05) is 0 Å². The van der Waals surface area contributed by atoms with Gasteiger partial charge in [0.2, 0.25) is 11.8 Å². The number of urea groups is 1. The Morgan fingerprint density at radius 2 is 1.14 bits per heavy atom. The van der Waals surface area contributed by atoms with Gasteiger partial charge in [-0.2, -0.15) is 0 Å². The Bertz CT molecular complexity index is 1540. The second-order valence-corrected chi connectivity index (χ2v) is 10.7. The first-order valence-electron chi connectivity index (χ1n) is 15.1. The van der Waals surface area contributed by atoms with Gasteiger partial charge < -0.3 is 52.4 Å². The van der Waals surface area contributed by atoms with Crippen molar-refractivity contribution in [2.45, 2.75) is 37.9 Å². The predicted molar refractivity (Wildman–Crippen MR) is 177 cm³/mol. The molecule has 16 nitrogen and oxygen atoms in total. The second kappa shape index (κ2) is 18.7. The number of carbonyl (C=O) groups excluding carboxylic acids is 3. The van der Waals surface area contributed by atoms with Crippen LogP contribution in [-0.4, -0.2) is 71.8 Å². The number of carboxylic acids is 2. The number of nitrogens with one attached hydrogen (secondary N) is 5. The van der Waals surface area contributed by atoms with Gasteiger partial charge in [0.1, 0.15) is 17.5 Å². The summed E-state index contributed by atoms with van der Waals surface area (Å²) in [5.74, 6) is -3.91. The van der Waals surface area contributed by atoms with Gasteiger partial charge in [0.05, 0.1) is 5.92 Å². The van der Waals surface area contributed by atoms with E-state index in [1.54, 1.807) is 48.5 Å². The van der Waals surface area contributed by atoms with Crippen molar-refractivity contribution in [3.8, 4) is 11.5 Å². The zero-order valence-electron chi connectivity index (χ0n) is 26.4. The van der Waals surface area contributed by atoms with Crippen LogP contribution in [0, 0.1) is 5.41 Å². The zero-order chi connectivity index (χ0) is 35.8. The Kier molecular flexibility index (Phi) is 14.2. The fourth-order valence-corrected chi connectivity index (χ4v) is 4.63. The average molecular weight is 678 g/mol. The molecule has 11 N–H and O–H groups in total. The molecule has 0 fully saturated rings. The highest BCUT2D eigenvalue weighted by Crippen LogP contribution is 2.29. The summed E-state index contributed by atoms with van der Waals surface area (Å²) in [4.78, 5) is 60.3. The number of ether oxygens (including phenoxy) is 2. The maximum Gasteiger partial charge on any atom is 0.341 e. The van der Waals surface area contributed by atoms with Crippen LogP contribution in [0.25, 0.3) is 0 Å². The highest BCUT2D eigenvalue weighted by atomic mass is 16.5. The number of rotatable bonds is 19. The molecule has 0 heterocycles. The van der Waals surface area contributed by atoms with Crippen LogP contribution in [0.1, 0.15) is 41.0 Å². The summed E-state index contributed by atoms with van der Waals surface area (Å²) in [5, 5.41) is 36.1. The first-order chi connectivity index (χ1) is 23.4. The molecule has 0 saturated carbocycles. The number of guanidine groups is 1.